The highest BCUT2D eigenvalue weighted by molar-refractivity contribution is 7.98. The minimum atomic E-state index is -0.809. The predicted octanol–water partition coefficient (Wildman–Crippen LogP) is 1.39. The van der Waals surface area contributed by atoms with Crippen molar-refractivity contribution in [3.8, 4) is 0 Å². The van der Waals surface area contributed by atoms with Gasteiger partial charge in [0.1, 0.15) is 6.04 Å². The zero-order valence-electron chi connectivity index (χ0n) is 7.06. The molecule has 0 heterocycles. The molecule has 0 amide bonds. The normalized spacial score (nSPS) is 12.3. The number of carboxylic acid groups (broad SMARTS) is 1. The van der Waals surface area contributed by atoms with E-state index in [0.717, 1.165) is 5.75 Å². The van der Waals surface area contributed by atoms with E-state index in [0.29, 0.717) is 6.42 Å². The van der Waals surface area contributed by atoms with Crippen LogP contribution in [0.4, 0.5) is 0 Å². The van der Waals surface area contributed by atoms with Gasteiger partial charge in [0.15, 0.2) is 0 Å². The molecule has 0 aliphatic carbocycles. The van der Waals surface area contributed by atoms with Gasteiger partial charge in [-0.1, -0.05) is 12.8 Å². The van der Waals surface area contributed by atoms with Crippen LogP contribution < -0.4 is 0 Å². The van der Waals surface area contributed by atoms with Gasteiger partial charge in [-0.3, -0.25) is 4.79 Å². The van der Waals surface area contributed by atoms with E-state index in [1.165, 1.54) is 4.31 Å². The van der Waals surface area contributed by atoms with Crippen LogP contribution in [0.15, 0.2) is 0 Å². The lowest BCUT2D eigenvalue weighted by molar-refractivity contribution is -0.140. The van der Waals surface area contributed by atoms with Crippen molar-refractivity contribution in [3.63, 3.8) is 0 Å². The molecule has 0 saturated carbocycles. The highest BCUT2D eigenvalue weighted by Gasteiger charge is 2.19. The monoisotopic (exact) mass is 231 g/mol. The molecule has 0 aliphatic heterocycles. The fraction of sp³-hybridized carbons (Fsp3) is 0.833. The van der Waals surface area contributed by atoms with Crippen molar-refractivity contribution in [1.29, 1.82) is 0 Å². The van der Waals surface area contributed by atoms with Gasteiger partial charge in [0.05, 0.1) is 0 Å². The van der Waals surface area contributed by atoms with Gasteiger partial charge in [0, 0.05) is 0 Å². The van der Waals surface area contributed by atoms with Crippen LogP contribution in [0.25, 0.3) is 0 Å². The van der Waals surface area contributed by atoms with E-state index in [1.807, 2.05) is 6.26 Å². The molecule has 0 saturated heterocycles. The summed E-state index contributed by atoms with van der Waals surface area (Å²) in [5, 5.41) is 8.67. The first kappa shape index (κ1) is 14.9. The number of thiol groups is 1. The van der Waals surface area contributed by atoms with Gasteiger partial charge in [-0.15, -0.1) is 12.4 Å². The second kappa shape index (κ2) is 8.04. The van der Waals surface area contributed by atoms with Crippen LogP contribution in [0.1, 0.15) is 6.42 Å². The van der Waals surface area contributed by atoms with Crippen LogP contribution in [0.2, 0.25) is 0 Å². The first-order valence-corrected chi connectivity index (χ1v) is 5.02. The number of carboxylic acids is 1. The van der Waals surface area contributed by atoms with E-state index in [-0.39, 0.29) is 12.4 Å². The zero-order valence-corrected chi connectivity index (χ0v) is 9.59. The van der Waals surface area contributed by atoms with Gasteiger partial charge in [0.25, 0.3) is 0 Å². The smallest absolute Gasteiger partial charge is 0.321 e. The summed E-state index contributed by atoms with van der Waals surface area (Å²) in [5.74, 6) is 0.0403. The summed E-state index contributed by atoms with van der Waals surface area (Å²) in [7, 11) is 1.65. The minimum Gasteiger partial charge on any atom is -0.480 e. The Morgan fingerprint density at radius 1 is 1.75 bits per heavy atom. The molecule has 0 fully saturated rings. The van der Waals surface area contributed by atoms with Crippen LogP contribution in [-0.4, -0.2) is 40.5 Å². The Hall–Kier alpha value is 0.420. The van der Waals surface area contributed by atoms with Crippen molar-refractivity contribution < 1.29 is 9.90 Å². The molecule has 1 atom stereocenters. The Kier molecular flexibility index (Phi) is 9.99. The van der Waals surface area contributed by atoms with Crippen LogP contribution in [0, 0.1) is 0 Å². The molecule has 0 aromatic carbocycles. The van der Waals surface area contributed by atoms with E-state index in [1.54, 1.807) is 18.8 Å². The Labute approximate surface area is 88.8 Å². The quantitative estimate of drug-likeness (QED) is 0.702. The van der Waals surface area contributed by atoms with Gasteiger partial charge >= 0.3 is 5.97 Å². The third kappa shape index (κ3) is 5.99. The molecule has 0 aliphatic rings. The molecular formula is C6H14ClNO2S2. The maximum Gasteiger partial charge on any atom is 0.321 e. The summed E-state index contributed by atoms with van der Waals surface area (Å²) in [4.78, 5) is 10.5. The Bertz CT molecular complexity index is 135. The number of hydrogen-bond donors (Lipinski definition) is 2. The van der Waals surface area contributed by atoms with Gasteiger partial charge in [-0.2, -0.15) is 11.8 Å². The lowest BCUT2D eigenvalue weighted by atomic mass is 10.2. The number of rotatable bonds is 5. The number of halogens is 1. The molecule has 3 nitrogen and oxygen atoms in total. The van der Waals surface area contributed by atoms with Crippen LogP contribution in [0.3, 0.4) is 0 Å². The standard InChI is InChI=1S/C6H13NO2S2.ClH/c1-7(10)5(6(8)9)3-4-11-2;/h5,10H,3-4H2,1-2H3,(H,8,9);1H/t5-;/m0./s1. The van der Waals surface area contributed by atoms with E-state index in [4.69, 9.17) is 5.11 Å². The van der Waals surface area contributed by atoms with E-state index in [9.17, 15) is 4.79 Å². The van der Waals surface area contributed by atoms with Gasteiger partial charge in [-0.25, -0.2) is 4.31 Å². The average molecular weight is 232 g/mol. The minimum absolute atomic E-state index is 0. The molecule has 0 rings (SSSR count). The van der Waals surface area contributed by atoms with Crippen molar-refractivity contribution in [2.24, 2.45) is 0 Å². The Morgan fingerprint density at radius 3 is 2.50 bits per heavy atom. The first-order chi connectivity index (χ1) is 5.09. The number of likely N-dealkylation sites (N-methyl/N-ethyl adjacent to an activating group) is 1. The second-order valence-corrected chi connectivity index (χ2v) is 3.83. The molecule has 0 bridgehead atoms. The molecule has 0 aromatic rings. The molecule has 0 aromatic heterocycles. The fourth-order valence-electron chi connectivity index (χ4n) is 0.700. The Morgan fingerprint density at radius 2 is 2.25 bits per heavy atom. The predicted molar refractivity (Wildman–Crippen MR) is 58.4 cm³/mol. The fourth-order valence-corrected chi connectivity index (χ4v) is 1.37. The van der Waals surface area contributed by atoms with Crippen molar-refractivity contribution in [2.45, 2.75) is 12.5 Å². The van der Waals surface area contributed by atoms with Gasteiger partial charge < -0.3 is 5.11 Å². The third-order valence-corrected chi connectivity index (χ3v) is 2.25. The molecule has 1 N–H and O–H groups in total. The van der Waals surface area contributed by atoms with Crippen LogP contribution in [-0.2, 0) is 4.79 Å². The molecular weight excluding hydrogens is 218 g/mol. The van der Waals surface area contributed by atoms with E-state index >= 15 is 0 Å². The van der Waals surface area contributed by atoms with E-state index < -0.39 is 12.0 Å². The number of carbonyl (C=O) groups is 1. The summed E-state index contributed by atoms with van der Waals surface area (Å²) in [5.41, 5.74) is 0. The SMILES string of the molecule is CSCC[C@@H](C(=O)O)N(C)S.Cl. The van der Waals surface area contributed by atoms with Crippen LogP contribution in [0.5, 0.6) is 0 Å². The van der Waals surface area contributed by atoms with Crippen molar-refractivity contribution in [3.05, 3.63) is 0 Å². The number of nitrogens with zero attached hydrogens (tertiary/aromatic N) is 1. The molecule has 0 unspecified atom stereocenters. The maximum atomic E-state index is 10.5. The maximum absolute atomic E-state index is 10.5. The second-order valence-electron chi connectivity index (χ2n) is 2.21. The molecule has 74 valence electrons. The third-order valence-electron chi connectivity index (χ3n) is 1.33. The number of aliphatic carboxylic acids is 1. The zero-order chi connectivity index (χ0) is 8.85. The van der Waals surface area contributed by atoms with Crippen molar-refractivity contribution in [1.82, 2.24) is 4.31 Å². The Balaban J connectivity index is 0. The average Bonchev–Trinajstić information content (AvgIpc) is 1.87. The largest absolute Gasteiger partial charge is 0.480 e. The molecule has 6 heteroatoms. The number of thioether (sulfide) groups is 1. The first-order valence-electron chi connectivity index (χ1n) is 3.23. The summed E-state index contributed by atoms with van der Waals surface area (Å²) in [6.45, 7) is 0. The molecule has 12 heavy (non-hydrogen) atoms. The lowest BCUT2D eigenvalue weighted by Gasteiger charge is -2.17. The number of hydrogen-bond acceptors (Lipinski definition) is 4. The summed E-state index contributed by atoms with van der Waals surface area (Å²) < 4.78 is 1.43. The topological polar surface area (TPSA) is 40.5 Å². The van der Waals surface area contributed by atoms with Gasteiger partial charge in [-0.05, 0) is 25.5 Å². The molecule has 0 radical (unpaired) electrons. The van der Waals surface area contributed by atoms with Crippen LogP contribution >= 0.6 is 37.0 Å². The molecule has 0 spiro atoms. The highest BCUT2D eigenvalue weighted by atomic mass is 35.5. The van der Waals surface area contributed by atoms with E-state index in [2.05, 4.69) is 12.8 Å². The lowest BCUT2D eigenvalue weighted by Crippen LogP contribution is -2.32. The van der Waals surface area contributed by atoms with Gasteiger partial charge in [0.2, 0.25) is 0 Å². The van der Waals surface area contributed by atoms with Crippen molar-refractivity contribution >= 4 is 43.0 Å². The summed E-state index contributed by atoms with van der Waals surface area (Å²) in [6.07, 6.45) is 2.59. The summed E-state index contributed by atoms with van der Waals surface area (Å²) in [6, 6.07) is -0.467. The van der Waals surface area contributed by atoms with Crippen molar-refractivity contribution in [2.75, 3.05) is 19.1 Å². The highest BCUT2D eigenvalue weighted by Crippen LogP contribution is 2.08. The summed E-state index contributed by atoms with van der Waals surface area (Å²) >= 11 is 5.59.